The molecule has 1 saturated heterocycles. The molecule has 1 heterocycles. The number of nitrogens with two attached hydrogens (primary N) is 1. The van der Waals surface area contributed by atoms with E-state index in [0.717, 1.165) is 12.8 Å². The predicted molar refractivity (Wildman–Crippen MR) is 84.2 cm³/mol. The molecule has 1 atom stereocenters. The maximum absolute atomic E-state index is 12.4. The van der Waals surface area contributed by atoms with Crippen LogP contribution in [-0.2, 0) is 14.3 Å². The van der Waals surface area contributed by atoms with Gasteiger partial charge < -0.3 is 15.4 Å². The Labute approximate surface area is 132 Å². The molecule has 0 saturated carbocycles. The molecule has 1 fully saturated rings. The van der Waals surface area contributed by atoms with Crippen molar-refractivity contribution >= 4 is 11.8 Å². The third-order valence-electron chi connectivity index (χ3n) is 4.20. The molecule has 124 valence electrons. The highest BCUT2D eigenvalue weighted by atomic mass is 16.5. The number of likely N-dealkylation sites (N-methyl/N-ethyl adjacent to an activating group) is 1. The summed E-state index contributed by atoms with van der Waals surface area (Å²) in [4.78, 5) is 27.1. The Morgan fingerprint density at radius 2 is 2.27 bits per heavy atom. The second-order valence-electron chi connectivity index (χ2n) is 6.28. The zero-order valence-corrected chi connectivity index (χ0v) is 13.4. The normalized spacial score (nSPS) is 22.5. The predicted octanol–water partition coefficient (Wildman–Crippen LogP) is 0.521. The largest absolute Gasteiger partial charge is 0.373 e. The highest BCUT2D eigenvalue weighted by Gasteiger charge is 2.25. The van der Waals surface area contributed by atoms with Gasteiger partial charge in [0.05, 0.1) is 19.3 Å². The minimum Gasteiger partial charge on any atom is -0.373 e. The first-order valence-electron chi connectivity index (χ1n) is 8.08. The number of amides is 2. The van der Waals surface area contributed by atoms with E-state index < -0.39 is 0 Å². The number of hydrogen-bond donors (Lipinski definition) is 1. The number of carbonyl (C=O) groups excluding carboxylic acids is 2. The molecule has 2 N–H and O–H groups in total. The Balaban J connectivity index is 1.80. The number of primary amides is 1. The van der Waals surface area contributed by atoms with Gasteiger partial charge in [-0.2, -0.15) is 0 Å². The summed E-state index contributed by atoms with van der Waals surface area (Å²) in [6.07, 6.45) is 7.31. The molecule has 0 bridgehead atoms. The third kappa shape index (κ3) is 5.42. The van der Waals surface area contributed by atoms with Crippen molar-refractivity contribution in [1.29, 1.82) is 0 Å². The van der Waals surface area contributed by atoms with Crippen molar-refractivity contribution in [2.45, 2.75) is 38.2 Å². The maximum atomic E-state index is 12.4. The van der Waals surface area contributed by atoms with Crippen LogP contribution in [0, 0.1) is 0 Å². The number of nitrogens with zero attached hydrogens (tertiary/aromatic N) is 2. The van der Waals surface area contributed by atoms with Crippen LogP contribution in [-0.4, -0.2) is 67.6 Å². The van der Waals surface area contributed by atoms with Gasteiger partial charge in [0.25, 0.3) is 0 Å². The number of morpholine rings is 1. The highest BCUT2D eigenvalue weighted by Crippen LogP contribution is 2.21. The first kappa shape index (κ1) is 17.0. The molecule has 2 rings (SSSR count). The van der Waals surface area contributed by atoms with Crippen molar-refractivity contribution in [2.24, 2.45) is 5.73 Å². The number of rotatable bonds is 6. The Bertz CT molecular complexity index is 436. The molecular formula is C16H27N3O3. The van der Waals surface area contributed by atoms with Crippen LogP contribution >= 0.6 is 0 Å². The van der Waals surface area contributed by atoms with E-state index in [2.05, 4.69) is 6.08 Å². The molecule has 0 spiro atoms. The summed E-state index contributed by atoms with van der Waals surface area (Å²) in [5.74, 6) is -0.158. The van der Waals surface area contributed by atoms with E-state index in [1.165, 1.54) is 18.4 Å². The highest BCUT2D eigenvalue weighted by molar-refractivity contribution is 5.79. The fourth-order valence-electron chi connectivity index (χ4n) is 3.11. The summed E-state index contributed by atoms with van der Waals surface area (Å²) in [6.45, 7) is 2.62. The third-order valence-corrected chi connectivity index (χ3v) is 4.20. The first-order valence-corrected chi connectivity index (χ1v) is 8.08. The molecule has 22 heavy (non-hydrogen) atoms. The standard InChI is InChI=1S/C16H27N3O3/c1-18(12-15(17)20)10-14-11-19(7-8-22-14)16(21)9-13-5-3-2-4-6-13/h5,14H,2-4,6-12H2,1H3,(H2,17,20)/t14-/m1/s1. The summed E-state index contributed by atoms with van der Waals surface area (Å²) in [7, 11) is 1.84. The van der Waals surface area contributed by atoms with Crippen molar-refractivity contribution < 1.29 is 14.3 Å². The molecule has 0 radical (unpaired) electrons. The molecule has 1 aliphatic heterocycles. The second-order valence-corrected chi connectivity index (χ2v) is 6.28. The van der Waals surface area contributed by atoms with Crippen molar-refractivity contribution in [3.05, 3.63) is 11.6 Å². The summed E-state index contributed by atoms with van der Waals surface area (Å²) in [6, 6.07) is 0. The Kier molecular flexibility index (Phi) is 6.39. The van der Waals surface area contributed by atoms with Gasteiger partial charge in [-0.3, -0.25) is 14.5 Å². The first-order chi connectivity index (χ1) is 10.5. The van der Waals surface area contributed by atoms with Crippen LogP contribution in [0.25, 0.3) is 0 Å². The van der Waals surface area contributed by atoms with Crippen LogP contribution in [0.3, 0.4) is 0 Å². The van der Waals surface area contributed by atoms with E-state index in [0.29, 0.717) is 32.7 Å². The van der Waals surface area contributed by atoms with Crippen LogP contribution in [0.2, 0.25) is 0 Å². The molecular weight excluding hydrogens is 282 g/mol. The zero-order valence-electron chi connectivity index (χ0n) is 13.4. The van der Waals surface area contributed by atoms with E-state index in [-0.39, 0.29) is 24.5 Å². The van der Waals surface area contributed by atoms with E-state index in [1.54, 1.807) is 0 Å². The SMILES string of the molecule is CN(CC(N)=O)C[C@@H]1CN(C(=O)CC2=CCCCC2)CCO1. The number of carbonyl (C=O) groups is 2. The van der Waals surface area contributed by atoms with Crippen LogP contribution < -0.4 is 5.73 Å². The van der Waals surface area contributed by atoms with Crippen LogP contribution in [0.4, 0.5) is 0 Å². The molecule has 2 amide bonds. The minimum atomic E-state index is -0.351. The fourth-order valence-corrected chi connectivity index (χ4v) is 3.11. The van der Waals surface area contributed by atoms with E-state index >= 15 is 0 Å². The van der Waals surface area contributed by atoms with Gasteiger partial charge in [-0.1, -0.05) is 11.6 Å². The summed E-state index contributed by atoms with van der Waals surface area (Å²) < 4.78 is 5.70. The fraction of sp³-hybridized carbons (Fsp3) is 0.750. The molecule has 6 heteroatoms. The molecule has 2 aliphatic rings. The van der Waals surface area contributed by atoms with Gasteiger partial charge in [0.1, 0.15) is 0 Å². The van der Waals surface area contributed by atoms with Gasteiger partial charge in [0.2, 0.25) is 11.8 Å². The van der Waals surface area contributed by atoms with Crippen molar-refractivity contribution in [2.75, 3.05) is 39.8 Å². The van der Waals surface area contributed by atoms with Gasteiger partial charge >= 0.3 is 0 Å². The lowest BCUT2D eigenvalue weighted by atomic mass is 9.97. The average Bonchev–Trinajstić information content (AvgIpc) is 2.47. The number of ether oxygens (including phenoxy) is 1. The lowest BCUT2D eigenvalue weighted by molar-refractivity contribution is -0.139. The lowest BCUT2D eigenvalue weighted by Crippen LogP contribution is -2.50. The Morgan fingerprint density at radius 1 is 1.45 bits per heavy atom. The lowest BCUT2D eigenvalue weighted by Gasteiger charge is -2.35. The topological polar surface area (TPSA) is 75.9 Å². The van der Waals surface area contributed by atoms with Gasteiger partial charge in [-0.15, -0.1) is 0 Å². The van der Waals surface area contributed by atoms with Crippen LogP contribution in [0.5, 0.6) is 0 Å². The Morgan fingerprint density at radius 3 is 2.95 bits per heavy atom. The van der Waals surface area contributed by atoms with Gasteiger partial charge in [0, 0.05) is 26.1 Å². The van der Waals surface area contributed by atoms with Crippen molar-refractivity contribution in [1.82, 2.24) is 9.80 Å². The van der Waals surface area contributed by atoms with Crippen molar-refractivity contribution in [3.63, 3.8) is 0 Å². The average molecular weight is 309 g/mol. The van der Waals surface area contributed by atoms with Gasteiger partial charge in [-0.05, 0) is 32.7 Å². The summed E-state index contributed by atoms with van der Waals surface area (Å²) >= 11 is 0. The van der Waals surface area contributed by atoms with E-state index in [1.807, 2.05) is 16.8 Å². The van der Waals surface area contributed by atoms with Gasteiger partial charge in [0.15, 0.2) is 0 Å². The molecule has 0 aromatic rings. The van der Waals surface area contributed by atoms with E-state index in [9.17, 15) is 9.59 Å². The monoisotopic (exact) mass is 309 g/mol. The second kappa shape index (κ2) is 8.29. The minimum absolute atomic E-state index is 0.0533. The molecule has 0 aromatic carbocycles. The number of hydrogen-bond acceptors (Lipinski definition) is 4. The Hall–Kier alpha value is -1.40. The molecule has 0 unspecified atom stereocenters. The quantitative estimate of drug-likeness (QED) is 0.726. The smallest absolute Gasteiger partial charge is 0.231 e. The van der Waals surface area contributed by atoms with Crippen molar-refractivity contribution in [3.8, 4) is 0 Å². The molecule has 1 aliphatic carbocycles. The van der Waals surface area contributed by atoms with Crippen LogP contribution in [0.1, 0.15) is 32.1 Å². The van der Waals surface area contributed by atoms with Gasteiger partial charge in [-0.25, -0.2) is 0 Å². The summed E-state index contributed by atoms with van der Waals surface area (Å²) in [5.41, 5.74) is 6.47. The van der Waals surface area contributed by atoms with Crippen LogP contribution in [0.15, 0.2) is 11.6 Å². The molecule has 0 aromatic heterocycles. The zero-order chi connectivity index (χ0) is 15.9. The number of allylic oxidation sites excluding steroid dienone is 1. The molecule has 6 nitrogen and oxygen atoms in total. The van der Waals surface area contributed by atoms with E-state index in [4.69, 9.17) is 10.5 Å². The summed E-state index contributed by atoms with van der Waals surface area (Å²) in [5, 5.41) is 0. The maximum Gasteiger partial charge on any atom is 0.231 e.